The minimum absolute atomic E-state index is 0.202. The van der Waals surface area contributed by atoms with Crippen LogP contribution in [0.2, 0.25) is 0 Å². The average Bonchev–Trinajstić information content (AvgIpc) is 3.25. The van der Waals surface area contributed by atoms with Crippen LogP contribution in [0.15, 0.2) is 24.4 Å². The molecule has 0 radical (unpaired) electrons. The average molecular weight is 426 g/mol. The molecule has 3 N–H and O–H groups in total. The highest BCUT2D eigenvalue weighted by atomic mass is 16.3. The highest BCUT2D eigenvalue weighted by molar-refractivity contribution is 5.64. The second-order valence-electron chi connectivity index (χ2n) is 10.5. The van der Waals surface area contributed by atoms with Crippen LogP contribution >= 0.6 is 0 Å². The molecule has 0 amide bonds. The van der Waals surface area contributed by atoms with Gasteiger partial charge in [0, 0.05) is 45.8 Å². The smallest absolute Gasteiger partial charge is 0.203 e. The number of aliphatic hydroxyl groups excluding tert-OH is 1. The van der Waals surface area contributed by atoms with Crippen molar-refractivity contribution in [2.75, 3.05) is 57.3 Å². The van der Waals surface area contributed by atoms with Gasteiger partial charge in [-0.1, -0.05) is 39.8 Å². The van der Waals surface area contributed by atoms with Crippen LogP contribution in [0.1, 0.15) is 51.7 Å². The van der Waals surface area contributed by atoms with E-state index in [1.807, 2.05) is 6.20 Å². The molecule has 1 aromatic heterocycles. The number of benzene rings is 1. The van der Waals surface area contributed by atoms with E-state index in [0.717, 1.165) is 50.9 Å². The number of fused-ring (bicyclic) bond motifs is 1. The Morgan fingerprint density at radius 2 is 1.71 bits per heavy atom. The van der Waals surface area contributed by atoms with E-state index in [1.165, 1.54) is 29.5 Å². The molecule has 0 unspecified atom stereocenters. The Bertz CT molecular complexity index is 880. The maximum absolute atomic E-state index is 8.86. The van der Waals surface area contributed by atoms with Crippen LogP contribution in [-0.4, -0.2) is 72.4 Å². The van der Waals surface area contributed by atoms with E-state index in [9.17, 15) is 0 Å². The maximum Gasteiger partial charge on any atom is 0.203 e. The summed E-state index contributed by atoms with van der Waals surface area (Å²) in [6, 6.07) is 7.00. The molecule has 0 spiro atoms. The summed E-state index contributed by atoms with van der Waals surface area (Å²) in [6.45, 7) is 16.4. The zero-order valence-corrected chi connectivity index (χ0v) is 19.7. The number of nitrogens with zero attached hydrogens (tertiary/aromatic N) is 3. The summed E-state index contributed by atoms with van der Waals surface area (Å²) in [5, 5.41) is 12.1. The molecule has 2 heterocycles. The number of hydrogen-bond acceptors (Lipinski definition) is 5. The summed E-state index contributed by atoms with van der Waals surface area (Å²) in [6.07, 6.45) is 4.46. The molecule has 1 aliphatic carbocycles. The molecule has 6 nitrogen and oxygen atoms in total. The third-order valence-electron chi connectivity index (χ3n) is 7.29. The maximum atomic E-state index is 8.86. The summed E-state index contributed by atoms with van der Waals surface area (Å²) in [4.78, 5) is 13.1. The van der Waals surface area contributed by atoms with E-state index in [4.69, 9.17) is 10.1 Å². The molecule has 2 aromatic rings. The number of rotatable bonds is 7. The SMILES string of the molecule is CC1(C)CCC(C)(C)c2cc(-c3cnc(N4CCN(CCNCCO)CC4)[nH]3)ccc21. The Morgan fingerprint density at radius 3 is 2.42 bits per heavy atom. The zero-order chi connectivity index (χ0) is 22.1. The lowest BCUT2D eigenvalue weighted by atomic mass is 9.63. The first-order valence-corrected chi connectivity index (χ1v) is 11.8. The molecular formula is C25H39N5O. The van der Waals surface area contributed by atoms with Gasteiger partial charge >= 0.3 is 0 Å². The summed E-state index contributed by atoms with van der Waals surface area (Å²) in [5.41, 5.74) is 5.78. The van der Waals surface area contributed by atoms with Crippen LogP contribution in [0.3, 0.4) is 0 Å². The van der Waals surface area contributed by atoms with E-state index in [-0.39, 0.29) is 17.4 Å². The molecule has 0 atom stereocenters. The van der Waals surface area contributed by atoms with Gasteiger partial charge in [-0.2, -0.15) is 0 Å². The van der Waals surface area contributed by atoms with Gasteiger partial charge in [-0.3, -0.25) is 4.90 Å². The van der Waals surface area contributed by atoms with Gasteiger partial charge < -0.3 is 20.3 Å². The topological polar surface area (TPSA) is 67.4 Å². The molecule has 170 valence electrons. The summed E-state index contributed by atoms with van der Waals surface area (Å²) >= 11 is 0. The van der Waals surface area contributed by atoms with Crippen molar-refractivity contribution < 1.29 is 5.11 Å². The minimum atomic E-state index is 0.202. The molecule has 1 aliphatic heterocycles. The lowest BCUT2D eigenvalue weighted by Crippen LogP contribution is -2.48. The van der Waals surface area contributed by atoms with Crippen LogP contribution < -0.4 is 10.2 Å². The van der Waals surface area contributed by atoms with Crippen LogP contribution in [0.25, 0.3) is 11.3 Å². The van der Waals surface area contributed by atoms with E-state index in [2.05, 4.69) is 66.0 Å². The molecule has 0 bridgehead atoms. The molecule has 6 heteroatoms. The van der Waals surface area contributed by atoms with Crippen molar-refractivity contribution in [2.45, 2.75) is 51.4 Å². The zero-order valence-electron chi connectivity index (χ0n) is 19.7. The fourth-order valence-electron chi connectivity index (χ4n) is 5.00. The van der Waals surface area contributed by atoms with Crippen LogP contribution in [0.5, 0.6) is 0 Å². The minimum Gasteiger partial charge on any atom is -0.395 e. The molecular weight excluding hydrogens is 386 g/mol. The number of piperazine rings is 1. The van der Waals surface area contributed by atoms with Crippen LogP contribution in [0.4, 0.5) is 5.95 Å². The van der Waals surface area contributed by atoms with Crippen molar-refractivity contribution in [2.24, 2.45) is 0 Å². The Hall–Kier alpha value is -1.89. The Balaban J connectivity index is 1.43. The third-order valence-corrected chi connectivity index (χ3v) is 7.29. The van der Waals surface area contributed by atoms with Crippen molar-refractivity contribution in [1.29, 1.82) is 0 Å². The number of aromatic nitrogens is 2. The fourth-order valence-corrected chi connectivity index (χ4v) is 5.00. The first-order chi connectivity index (χ1) is 14.8. The highest BCUT2D eigenvalue weighted by Gasteiger charge is 2.37. The van der Waals surface area contributed by atoms with E-state index >= 15 is 0 Å². The van der Waals surface area contributed by atoms with Gasteiger partial charge in [-0.05, 0) is 46.4 Å². The van der Waals surface area contributed by atoms with Crippen molar-refractivity contribution in [3.8, 4) is 11.3 Å². The predicted octanol–water partition coefficient (Wildman–Crippen LogP) is 3.13. The number of aliphatic hydroxyl groups is 1. The predicted molar refractivity (Wildman–Crippen MR) is 128 cm³/mol. The van der Waals surface area contributed by atoms with Gasteiger partial charge in [0.15, 0.2) is 0 Å². The second-order valence-corrected chi connectivity index (χ2v) is 10.5. The molecule has 0 saturated carbocycles. The summed E-state index contributed by atoms with van der Waals surface area (Å²) in [5.74, 6) is 0.977. The van der Waals surface area contributed by atoms with Crippen molar-refractivity contribution in [1.82, 2.24) is 20.2 Å². The standard InChI is InChI=1S/C25H39N5O/c1-24(2)7-8-25(3,4)21-17-19(5-6-20(21)24)22-18-27-23(28-22)30-14-12-29(13-15-30)11-9-26-10-16-31/h5-6,17-18,26,31H,7-16H2,1-4H3,(H,27,28). The lowest BCUT2D eigenvalue weighted by Gasteiger charge is -2.42. The highest BCUT2D eigenvalue weighted by Crippen LogP contribution is 2.46. The molecule has 1 fully saturated rings. The Morgan fingerprint density at radius 1 is 1.00 bits per heavy atom. The van der Waals surface area contributed by atoms with Crippen molar-refractivity contribution in [3.63, 3.8) is 0 Å². The van der Waals surface area contributed by atoms with E-state index < -0.39 is 0 Å². The number of imidazole rings is 1. The van der Waals surface area contributed by atoms with E-state index in [0.29, 0.717) is 6.54 Å². The first-order valence-electron chi connectivity index (χ1n) is 11.8. The van der Waals surface area contributed by atoms with Crippen LogP contribution in [-0.2, 0) is 10.8 Å². The molecule has 1 aromatic carbocycles. The van der Waals surface area contributed by atoms with E-state index in [1.54, 1.807) is 0 Å². The van der Waals surface area contributed by atoms with Crippen molar-refractivity contribution in [3.05, 3.63) is 35.5 Å². The van der Waals surface area contributed by atoms with Gasteiger partial charge in [0.2, 0.25) is 5.95 Å². The molecule has 4 rings (SSSR count). The fraction of sp³-hybridized carbons (Fsp3) is 0.640. The molecule has 1 saturated heterocycles. The van der Waals surface area contributed by atoms with Gasteiger partial charge in [-0.25, -0.2) is 4.98 Å². The largest absolute Gasteiger partial charge is 0.395 e. The normalized spacial score (nSPS) is 20.6. The molecule has 31 heavy (non-hydrogen) atoms. The van der Waals surface area contributed by atoms with Gasteiger partial charge in [0.1, 0.15) is 0 Å². The quantitative estimate of drug-likeness (QED) is 0.595. The van der Waals surface area contributed by atoms with Gasteiger partial charge in [0.25, 0.3) is 0 Å². The van der Waals surface area contributed by atoms with Gasteiger partial charge in [-0.15, -0.1) is 0 Å². The summed E-state index contributed by atoms with van der Waals surface area (Å²) in [7, 11) is 0. The van der Waals surface area contributed by atoms with Crippen LogP contribution in [0, 0.1) is 0 Å². The number of hydrogen-bond donors (Lipinski definition) is 3. The lowest BCUT2D eigenvalue weighted by molar-refractivity contribution is 0.248. The number of H-pyrrole nitrogens is 1. The second kappa shape index (κ2) is 8.93. The number of anilines is 1. The molecule has 2 aliphatic rings. The number of aromatic amines is 1. The third kappa shape index (κ3) is 4.81. The first kappa shape index (κ1) is 22.3. The monoisotopic (exact) mass is 425 g/mol. The Labute approximate surface area is 187 Å². The number of nitrogens with one attached hydrogen (secondary N) is 2. The van der Waals surface area contributed by atoms with Crippen molar-refractivity contribution >= 4 is 5.95 Å². The Kier molecular flexibility index (Phi) is 6.42. The van der Waals surface area contributed by atoms with Gasteiger partial charge in [0.05, 0.1) is 18.5 Å². The summed E-state index contributed by atoms with van der Waals surface area (Å²) < 4.78 is 0.